The van der Waals surface area contributed by atoms with Crippen molar-refractivity contribution in [2.24, 2.45) is 0 Å². The van der Waals surface area contributed by atoms with Gasteiger partial charge in [0.05, 0.1) is 12.1 Å². The fraction of sp³-hybridized carbons (Fsp3) is 0.400. The Hall–Kier alpha value is -0.0636. The summed E-state index contributed by atoms with van der Waals surface area (Å²) in [6, 6.07) is 3.43. The number of carbonyl (C=O) groups is 1. The maximum absolute atomic E-state index is 14.7. The molecule has 10 heteroatoms. The van der Waals surface area contributed by atoms with Crippen molar-refractivity contribution in [3.8, 4) is 17.2 Å². The molecule has 169 valence electrons. The minimum atomic E-state index is -1.51. The molecule has 2 rings (SSSR count). The third kappa shape index (κ3) is 8.82. The summed E-state index contributed by atoms with van der Waals surface area (Å²) in [7, 11) is 0.239. The SMILES string of the molecule is CCOC(=O)C(Oc1cc2cc(C#C[Si](C)(C)C)cnc2c(C)c1F)SC.[I][Cu][I]. The summed E-state index contributed by atoms with van der Waals surface area (Å²) in [5.74, 6) is 2.10. The molecule has 1 unspecified atom stereocenters. The van der Waals surface area contributed by atoms with Crippen molar-refractivity contribution in [1.82, 2.24) is 4.98 Å². The van der Waals surface area contributed by atoms with Crippen LogP contribution in [0.25, 0.3) is 10.9 Å². The topological polar surface area (TPSA) is 48.4 Å². The standard InChI is InChI=1S/C20H24FNO3SSi.Cu.2HI/c1-7-24-19(23)20(26-3)25-16-11-15-10-14(8-9-27(4,5)6)12-22-18(15)13(2)17(16)21;;;/h10-12,20H,7H2,1-6H3;;2*1H/q;+2;;/p-2. The molecular weight excluding hydrogens is 699 g/mol. The van der Waals surface area contributed by atoms with Crippen molar-refractivity contribution < 1.29 is 27.1 Å². The fourth-order valence-electron chi connectivity index (χ4n) is 2.33. The molecule has 2 aromatic rings. The second-order valence-corrected chi connectivity index (χ2v) is 20.7. The van der Waals surface area contributed by atoms with Gasteiger partial charge < -0.3 is 9.47 Å². The van der Waals surface area contributed by atoms with E-state index in [2.05, 4.69) is 76.8 Å². The minimum absolute atomic E-state index is 0.00417. The number of hydrogen-bond donors (Lipinski definition) is 0. The zero-order valence-electron chi connectivity index (χ0n) is 17.5. The number of fused-ring (bicyclic) bond motifs is 1. The summed E-state index contributed by atoms with van der Waals surface area (Å²) in [5, 5.41) is 0.718. The fourth-order valence-corrected chi connectivity index (χ4v) is 3.31. The molecule has 0 aliphatic rings. The Kier molecular flexibility index (Phi) is 12.6. The molecule has 0 saturated carbocycles. The quantitative estimate of drug-likeness (QED) is 0.119. The van der Waals surface area contributed by atoms with Gasteiger partial charge in [-0.3, -0.25) is 4.98 Å². The zero-order valence-corrected chi connectivity index (χ0v) is 24.6. The summed E-state index contributed by atoms with van der Waals surface area (Å²) < 4.78 is 25.3. The normalized spacial score (nSPS) is 11.8. The van der Waals surface area contributed by atoms with Gasteiger partial charge in [-0.2, -0.15) is 0 Å². The molecule has 0 fully saturated rings. The predicted octanol–water partition coefficient (Wildman–Crippen LogP) is 6.31. The molecule has 0 radical (unpaired) electrons. The third-order valence-electron chi connectivity index (χ3n) is 3.61. The van der Waals surface area contributed by atoms with Crippen molar-refractivity contribution in [3.63, 3.8) is 0 Å². The van der Waals surface area contributed by atoms with Crippen LogP contribution < -0.4 is 4.74 Å². The summed E-state index contributed by atoms with van der Waals surface area (Å²) in [5.41, 5.74) is 4.06. The number of rotatable bonds is 5. The van der Waals surface area contributed by atoms with Gasteiger partial charge in [-0.05, 0) is 32.2 Å². The first-order valence-electron chi connectivity index (χ1n) is 8.87. The molecule has 30 heavy (non-hydrogen) atoms. The third-order valence-corrected chi connectivity index (χ3v) is 5.21. The number of carbonyl (C=O) groups excluding carboxylic acids is 1. The Morgan fingerprint density at radius 1 is 1.37 bits per heavy atom. The summed E-state index contributed by atoms with van der Waals surface area (Å²) in [6.07, 6.45) is 3.37. The van der Waals surface area contributed by atoms with Gasteiger partial charge in [0.2, 0.25) is 5.44 Å². The molecule has 0 spiro atoms. The Bertz CT molecular complexity index is 948. The molecule has 0 aliphatic carbocycles. The van der Waals surface area contributed by atoms with Gasteiger partial charge in [-0.1, -0.05) is 25.6 Å². The number of esters is 1. The second kappa shape index (κ2) is 13.5. The molecule has 0 saturated heterocycles. The van der Waals surface area contributed by atoms with E-state index in [4.69, 9.17) is 9.47 Å². The van der Waals surface area contributed by atoms with Crippen LogP contribution in [0.1, 0.15) is 18.1 Å². The summed E-state index contributed by atoms with van der Waals surface area (Å²) >= 11 is 5.51. The van der Waals surface area contributed by atoms with E-state index in [-0.39, 0.29) is 12.4 Å². The van der Waals surface area contributed by atoms with Crippen LogP contribution in [0, 0.1) is 24.2 Å². The molecule has 0 bridgehead atoms. The van der Waals surface area contributed by atoms with Gasteiger partial charge >= 0.3 is 55.1 Å². The number of aromatic nitrogens is 1. The van der Waals surface area contributed by atoms with Crippen molar-refractivity contribution in [2.75, 3.05) is 12.9 Å². The average molecular weight is 723 g/mol. The first-order chi connectivity index (χ1) is 14.1. The first kappa shape index (κ1) is 28.0. The number of ether oxygens (including phenoxy) is 2. The number of aryl methyl sites for hydroxylation is 1. The summed E-state index contributed by atoms with van der Waals surface area (Å²) in [6.45, 7) is 10.1. The molecule has 1 aromatic carbocycles. The number of nitrogens with zero attached hydrogens (tertiary/aromatic N) is 1. The Morgan fingerprint density at radius 2 is 2.00 bits per heavy atom. The number of thioether (sulfide) groups is 1. The van der Waals surface area contributed by atoms with Gasteiger partial charge in [0.15, 0.2) is 11.6 Å². The molecule has 0 amide bonds. The number of benzene rings is 1. The predicted molar refractivity (Wildman–Crippen MR) is 139 cm³/mol. The molecule has 1 heterocycles. The van der Waals surface area contributed by atoms with E-state index in [0.717, 1.165) is 22.7 Å². The molecular formula is C20H24CuFI2NO3SSi. The number of hydrogen-bond acceptors (Lipinski definition) is 5. The van der Waals surface area contributed by atoms with Crippen LogP contribution in [0.15, 0.2) is 18.3 Å². The average Bonchev–Trinajstić information content (AvgIpc) is 2.68. The van der Waals surface area contributed by atoms with Crippen LogP contribution in [0.5, 0.6) is 5.75 Å². The van der Waals surface area contributed by atoms with Crippen molar-refractivity contribution in [3.05, 3.63) is 35.3 Å². The van der Waals surface area contributed by atoms with Crippen LogP contribution >= 0.6 is 52.5 Å². The monoisotopic (exact) mass is 722 g/mol. The molecule has 1 atom stereocenters. The molecule has 1 aromatic heterocycles. The van der Waals surface area contributed by atoms with E-state index < -0.39 is 25.3 Å². The Labute approximate surface area is 211 Å². The summed E-state index contributed by atoms with van der Waals surface area (Å²) in [4.78, 5) is 16.3. The molecule has 0 N–H and O–H groups in total. The van der Waals surface area contributed by atoms with Crippen LogP contribution in [0.3, 0.4) is 0 Å². The first-order valence-corrected chi connectivity index (χ1v) is 19.7. The van der Waals surface area contributed by atoms with E-state index in [1.807, 2.05) is 6.07 Å². The van der Waals surface area contributed by atoms with Crippen LogP contribution in [0.2, 0.25) is 19.6 Å². The van der Waals surface area contributed by atoms with Crippen LogP contribution in [0.4, 0.5) is 4.39 Å². The van der Waals surface area contributed by atoms with Gasteiger partial charge in [0.1, 0.15) is 8.07 Å². The zero-order chi connectivity index (χ0) is 22.9. The van der Waals surface area contributed by atoms with Gasteiger partial charge in [0, 0.05) is 22.7 Å². The van der Waals surface area contributed by atoms with Crippen molar-refractivity contribution in [1.29, 1.82) is 0 Å². The maximum atomic E-state index is 14.7. The van der Waals surface area contributed by atoms with Crippen molar-refractivity contribution >= 4 is 77.4 Å². The van der Waals surface area contributed by atoms with Gasteiger partial charge in [-0.25, -0.2) is 9.18 Å². The molecule has 4 nitrogen and oxygen atoms in total. The van der Waals surface area contributed by atoms with Crippen LogP contribution in [-0.2, 0) is 18.0 Å². The molecule has 0 aliphatic heterocycles. The Morgan fingerprint density at radius 3 is 2.53 bits per heavy atom. The van der Waals surface area contributed by atoms with E-state index in [1.165, 1.54) is 0 Å². The van der Waals surface area contributed by atoms with E-state index in [0.29, 0.717) is 11.1 Å². The number of halogens is 3. The van der Waals surface area contributed by atoms with E-state index >= 15 is 0 Å². The number of pyridine rings is 1. The van der Waals surface area contributed by atoms with E-state index in [9.17, 15) is 9.18 Å². The van der Waals surface area contributed by atoms with Crippen LogP contribution in [-0.4, -0.2) is 37.3 Å². The van der Waals surface area contributed by atoms with Gasteiger partial charge in [-0.15, -0.1) is 17.3 Å². The van der Waals surface area contributed by atoms with Gasteiger partial charge in [0.25, 0.3) is 0 Å². The van der Waals surface area contributed by atoms with Crippen molar-refractivity contribution in [2.45, 2.75) is 38.9 Å². The van der Waals surface area contributed by atoms with E-state index in [1.54, 1.807) is 40.8 Å². The second-order valence-electron chi connectivity index (χ2n) is 7.09. The Balaban J connectivity index is 0.00000141.